The van der Waals surface area contributed by atoms with Crippen LogP contribution in [-0.2, 0) is 12.8 Å². The number of aldehydes is 1. The molecule has 68 valence electrons. The van der Waals surface area contributed by atoms with Gasteiger partial charge in [-0.2, -0.15) is 0 Å². The Balaban J connectivity index is 2.71. The molecule has 0 saturated heterocycles. The highest BCUT2D eigenvalue weighted by Crippen LogP contribution is 2.36. The van der Waals surface area contributed by atoms with Crippen molar-refractivity contribution in [1.82, 2.24) is 0 Å². The molecule has 0 saturated carbocycles. The number of hydrogen-bond acceptors (Lipinski definition) is 3. The lowest BCUT2D eigenvalue weighted by Gasteiger charge is -2.06. The van der Waals surface area contributed by atoms with E-state index in [1.807, 2.05) is 0 Å². The van der Waals surface area contributed by atoms with Gasteiger partial charge in [-0.25, -0.2) is 0 Å². The van der Waals surface area contributed by atoms with Crippen molar-refractivity contribution in [3.8, 4) is 11.5 Å². The third kappa shape index (κ3) is 1.08. The third-order valence-corrected chi connectivity index (χ3v) is 2.52. The summed E-state index contributed by atoms with van der Waals surface area (Å²) in [5.74, 6) is -0.0104. The number of phenols is 2. The zero-order valence-corrected chi connectivity index (χ0v) is 7.08. The predicted molar refractivity (Wildman–Crippen MR) is 47.2 cm³/mol. The van der Waals surface area contributed by atoms with Crippen molar-refractivity contribution in [3.63, 3.8) is 0 Å². The van der Waals surface area contributed by atoms with E-state index in [4.69, 9.17) is 0 Å². The van der Waals surface area contributed by atoms with Gasteiger partial charge in [0, 0.05) is 6.07 Å². The van der Waals surface area contributed by atoms with Crippen molar-refractivity contribution in [1.29, 1.82) is 0 Å². The molecule has 1 aromatic rings. The molecule has 0 fully saturated rings. The van der Waals surface area contributed by atoms with E-state index in [2.05, 4.69) is 0 Å². The van der Waals surface area contributed by atoms with Crippen molar-refractivity contribution < 1.29 is 15.0 Å². The van der Waals surface area contributed by atoms with E-state index in [1.165, 1.54) is 6.07 Å². The quantitative estimate of drug-likeness (QED) is 0.639. The highest BCUT2D eigenvalue weighted by atomic mass is 16.3. The van der Waals surface area contributed by atoms with Crippen molar-refractivity contribution >= 4 is 6.29 Å². The molecule has 0 atom stereocenters. The van der Waals surface area contributed by atoms with Gasteiger partial charge in [0.15, 0.2) is 6.29 Å². The summed E-state index contributed by atoms with van der Waals surface area (Å²) in [6.45, 7) is 0. The van der Waals surface area contributed by atoms with Crippen LogP contribution in [0.4, 0.5) is 0 Å². The van der Waals surface area contributed by atoms with Crippen molar-refractivity contribution in [2.24, 2.45) is 0 Å². The molecule has 3 nitrogen and oxygen atoms in total. The van der Waals surface area contributed by atoms with Crippen LogP contribution < -0.4 is 0 Å². The Morgan fingerprint density at radius 1 is 1.15 bits per heavy atom. The van der Waals surface area contributed by atoms with E-state index in [0.29, 0.717) is 11.8 Å². The predicted octanol–water partition coefficient (Wildman–Crippen LogP) is 1.40. The smallest absolute Gasteiger partial charge is 0.154 e. The van der Waals surface area contributed by atoms with Crippen LogP contribution in [0.1, 0.15) is 27.9 Å². The van der Waals surface area contributed by atoms with E-state index in [0.717, 1.165) is 30.4 Å². The van der Waals surface area contributed by atoms with Gasteiger partial charge < -0.3 is 10.2 Å². The maximum atomic E-state index is 10.7. The van der Waals surface area contributed by atoms with Crippen molar-refractivity contribution in [2.75, 3.05) is 0 Å². The Hall–Kier alpha value is -1.51. The second-order valence-electron chi connectivity index (χ2n) is 3.26. The second-order valence-corrected chi connectivity index (χ2v) is 3.26. The first-order chi connectivity index (χ1) is 6.24. The summed E-state index contributed by atoms with van der Waals surface area (Å²) >= 11 is 0. The Morgan fingerprint density at radius 3 is 2.54 bits per heavy atom. The minimum Gasteiger partial charge on any atom is -0.508 e. The average molecular weight is 178 g/mol. The van der Waals surface area contributed by atoms with Crippen LogP contribution >= 0.6 is 0 Å². The minimum absolute atomic E-state index is 0.107. The normalized spacial score (nSPS) is 14.2. The van der Waals surface area contributed by atoms with E-state index in [1.54, 1.807) is 0 Å². The van der Waals surface area contributed by atoms with Crippen LogP contribution in [0.5, 0.6) is 11.5 Å². The number of hydrogen-bond donors (Lipinski definition) is 2. The third-order valence-electron chi connectivity index (χ3n) is 2.52. The maximum Gasteiger partial charge on any atom is 0.154 e. The number of rotatable bonds is 1. The molecule has 0 unspecified atom stereocenters. The molecular weight excluding hydrogens is 168 g/mol. The van der Waals surface area contributed by atoms with Crippen LogP contribution in [0.25, 0.3) is 0 Å². The van der Waals surface area contributed by atoms with Gasteiger partial charge in [0.1, 0.15) is 11.5 Å². The molecule has 0 radical (unpaired) electrons. The first kappa shape index (κ1) is 8.10. The standard InChI is InChI=1S/C10H10O3/c11-5-8-6-2-1-3-7(6)9(12)4-10(8)13/h4-5,12-13H,1-3H2. The van der Waals surface area contributed by atoms with E-state index in [9.17, 15) is 15.0 Å². The van der Waals surface area contributed by atoms with Gasteiger partial charge in [0.2, 0.25) is 0 Å². The fourth-order valence-corrected chi connectivity index (χ4v) is 1.90. The van der Waals surface area contributed by atoms with E-state index >= 15 is 0 Å². The molecule has 1 aliphatic rings. The first-order valence-corrected chi connectivity index (χ1v) is 4.26. The molecule has 0 aliphatic heterocycles. The topological polar surface area (TPSA) is 57.5 Å². The molecule has 2 N–H and O–H groups in total. The van der Waals surface area contributed by atoms with Gasteiger partial charge in [-0.1, -0.05) is 0 Å². The summed E-state index contributed by atoms with van der Waals surface area (Å²) in [5, 5.41) is 18.8. The van der Waals surface area contributed by atoms with Gasteiger partial charge >= 0.3 is 0 Å². The fourth-order valence-electron chi connectivity index (χ4n) is 1.90. The van der Waals surface area contributed by atoms with Gasteiger partial charge in [0.25, 0.3) is 0 Å². The number of carbonyl (C=O) groups excluding carboxylic acids is 1. The van der Waals surface area contributed by atoms with E-state index in [-0.39, 0.29) is 11.5 Å². The number of phenolic OH excluding ortho intramolecular Hbond substituents is 2. The van der Waals surface area contributed by atoms with Gasteiger partial charge in [0.05, 0.1) is 5.56 Å². The summed E-state index contributed by atoms with van der Waals surface area (Å²) in [4.78, 5) is 10.7. The van der Waals surface area contributed by atoms with Crippen molar-refractivity contribution in [3.05, 3.63) is 22.8 Å². The lowest BCUT2D eigenvalue weighted by Crippen LogP contribution is -1.92. The van der Waals surface area contributed by atoms with Crippen LogP contribution in [-0.4, -0.2) is 16.5 Å². The second kappa shape index (κ2) is 2.76. The number of carbonyl (C=O) groups is 1. The SMILES string of the molecule is O=Cc1c(O)cc(O)c2c1CCC2. The lowest BCUT2D eigenvalue weighted by atomic mass is 10.0. The molecule has 1 aliphatic carbocycles. The Labute approximate surface area is 75.6 Å². The average Bonchev–Trinajstić information content (AvgIpc) is 2.53. The van der Waals surface area contributed by atoms with Gasteiger partial charge in [-0.3, -0.25) is 4.79 Å². The lowest BCUT2D eigenvalue weighted by molar-refractivity contribution is 0.112. The Bertz CT molecular complexity index is 369. The molecule has 2 rings (SSSR count). The van der Waals surface area contributed by atoms with Gasteiger partial charge in [-0.05, 0) is 30.4 Å². The molecule has 0 aromatic heterocycles. The summed E-state index contributed by atoms with van der Waals surface area (Å²) in [5.41, 5.74) is 1.97. The fraction of sp³-hybridized carbons (Fsp3) is 0.300. The molecule has 0 spiro atoms. The molecule has 0 heterocycles. The number of benzene rings is 1. The zero-order valence-electron chi connectivity index (χ0n) is 7.08. The van der Waals surface area contributed by atoms with Crippen LogP contribution in [0.3, 0.4) is 0 Å². The molecule has 0 amide bonds. The van der Waals surface area contributed by atoms with Crippen LogP contribution in [0.15, 0.2) is 6.07 Å². The maximum absolute atomic E-state index is 10.7. The highest BCUT2D eigenvalue weighted by Gasteiger charge is 2.21. The highest BCUT2D eigenvalue weighted by molar-refractivity contribution is 5.83. The van der Waals surface area contributed by atoms with Crippen LogP contribution in [0.2, 0.25) is 0 Å². The molecule has 3 heteroatoms. The Morgan fingerprint density at radius 2 is 1.85 bits per heavy atom. The zero-order chi connectivity index (χ0) is 9.42. The number of fused-ring (bicyclic) bond motifs is 1. The molecular formula is C10H10O3. The summed E-state index contributed by atoms with van der Waals surface area (Å²) in [6, 6.07) is 1.24. The summed E-state index contributed by atoms with van der Waals surface area (Å²) in [7, 11) is 0. The first-order valence-electron chi connectivity index (χ1n) is 4.26. The summed E-state index contributed by atoms with van der Waals surface area (Å²) < 4.78 is 0. The molecule has 0 bridgehead atoms. The largest absolute Gasteiger partial charge is 0.508 e. The summed E-state index contributed by atoms with van der Waals surface area (Å²) in [6.07, 6.45) is 3.15. The monoisotopic (exact) mass is 178 g/mol. The van der Waals surface area contributed by atoms with E-state index < -0.39 is 0 Å². The van der Waals surface area contributed by atoms with Gasteiger partial charge in [-0.15, -0.1) is 0 Å². The molecule has 13 heavy (non-hydrogen) atoms. The van der Waals surface area contributed by atoms with Crippen LogP contribution in [0, 0.1) is 0 Å². The van der Waals surface area contributed by atoms with Crippen molar-refractivity contribution in [2.45, 2.75) is 19.3 Å². The Kier molecular flexibility index (Phi) is 1.72. The molecule has 1 aromatic carbocycles. The number of aromatic hydroxyl groups is 2. The minimum atomic E-state index is -0.117.